The van der Waals surface area contributed by atoms with E-state index in [1.807, 2.05) is 11.8 Å². The van der Waals surface area contributed by atoms with Crippen molar-refractivity contribution >= 4 is 29.1 Å². The highest BCUT2D eigenvalue weighted by Gasteiger charge is 2.24. The molecule has 3 nitrogen and oxygen atoms in total. The molecule has 2 heterocycles. The van der Waals surface area contributed by atoms with Crippen LogP contribution in [0.1, 0.15) is 51.8 Å². The van der Waals surface area contributed by atoms with Crippen molar-refractivity contribution in [1.29, 1.82) is 0 Å². The Labute approximate surface area is 103 Å². The van der Waals surface area contributed by atoms with Gasteiger partial charge in [0.25, 0.3) is 0 Å². The number of aromatic nitrogens is 1. The zero-order chi connectivity index (χ0) is 11.5. The van der Waals surface area contributed by atoms with E-state index in [9.17, 15) is 4.79 Å². The van der Waals surface area contributed by atoms with Crippen molar-refractivity contribution < 1.29 is 9.90 Å². The Kier molecular flexibility index (Phi) is 3.86. The van der Waals surface area contributed by atoms with Crippen molar-refractivity contribution in [3.05, 3.63) is 15.6 Å². The maximum absolute atomic E-state index is 11.1. The summed E-state index contributed by atoms with van der Waals surface area (Å²) in [6.45, 7) is 2.05. The summed E-state index contributed by atoms with van der Waals surface area (Å²) < 4.78 is 0. The van der Waals surface area contributed by atoms with Crippen LogP contribution in [-0.2, 0) is 6.42 Å². The Morgan fingerprint density at radius 2 is 2.44 bits per heavy atom. The van der Waals surface area contributed by atoms with Gasteiger partial charge in [-0.05, 0) is 25.0 Å². The zero-order valence-corrected chi connectivity index (χ0v) is 10.9. The third-order valence-corrected chi connectivity index (χ3v) is 5.33. The number of hydrogen-bond acceptors (Lipinski definition) is 4. The van der Waals surface area contributed by atoms with Gasteiger partial charge >= 0.3 is 5.97 Å². The molecule has 1 unspecified atom stereocenters. The first-order valence-electron chi connectivity index (χ1n) is 5.57. The molecular formula is C11H15NO2S2. The average molecular weight is 257 g/mol. The summed E-state index contributed by atoms with van der Waals surface area (Å²) in [5.41, 5.74) is 0.780. The molecule has 1 aliphatic heterocycles. The van der Waals surface area contributed by atoms with Gasteiger partial charge in [-0.15, -0.1) is 11.3 Å². The van der Waals surface area contributed by atoms with Crippen LogP contribution in [0, 0.1) is 0 Å². The maximum Gasteiger partial charge on any atom is 0.347 e. The van der Waals surface area contributed by atoms with Crippen molar-refractivity contribution in [1.82, 2.24) is 4.98 Å². The van der Waals surface area contributed by atoms with Gasteiger partial charge in [0.1, 0.15) is 9.88 Å². The summed E-state index contributed by atoms with van der Waals surface area (Å²) in [6, 6.07) is 0. The highest BCUT2D eigenvalue weighted by atomic mass is 32.2. The minimum Gasteiger partial charge on any atom is -0.477 e. The predicted octanol–water partition coefficient (Wildman–Crippen LogP) is 3.36. The first kappa shape index (κ1) is 11.9. The van der Waals surface area contributed by atoms with Gasteiger partial charge in [0, 0.05) is 0 Å². The van der Waals surface area contributed by atoms with E-state index in [1.165, 1.54) is 23.5 Å². The molecule has 88 valence electrons. The Bertz CT molecular complexity index is 383. The summed E-state index contributed by atoms with van der Waals surface area (Å²) in [5, 5.41) is 10.6. The lowest BCUT2D eigenvalue weighted by molar-refractivity contribution is 0.0700. The number of hydrogen-bond donors (Lipinski definition) is 1. The summed E-state index contributed by atoms with van der Waals surface area (Å²) in [4.78, 5) is 16.1. The van der Waals surface area contributed by atoms with Crippen molar-refractivity contribution in [2.75, 3.05) is 5.75 Å². The van der Waals surface area contributed by atoms with Crippen LogP contribution in [-0.4, -0.2) is 21.8 Å². The van der Waals surface area contributed by atoms with Gasteiger partial charge in [-0.2, -0.15) is 11.8 Å². The second kappa shape index (κ2) is 5.19. The molecule has 0 amide bonds. The summed E-state index contributed by atoms with van der Waals surface area (Å²) >= 11 is 3.28. The van der Waals surface area contributed by atoms with Gasteiger partial charge in [-0.25, -0.2) is 9.78 Å². The first-order valence-corrected chi connectivity index (χ1v) is 7.43. The number of thioether (sulfide) groups is 1. The number of carboxylic acids is 1. The number of rotatable bonds is 4. The lowest BCUT2D eigenvalue weighted by Gasteiger charge is -2.01. The van der Waals surface area contributed by atoms with E-state index in [1.54, 1.807) is 0 Å². The highest BCUT2D eigenvalue weighted by Crippen LogP contribution is 2.42. The summed E-state index contributed by atoms with van der Waals surface area (Å²) in [5.74, 6) is 0.352. The van der Waals surface area contributed by atoms with E-state index in [4.69, 9.17) is 5.11 Å². The molecule has 5 heteroatoms. The van der Waals surface area contributed by atoms with Gasteiger partial charge < -0.3 is 5.11 Å². The number of carbonyl (C=O) groups is 1. The fourth-order valence-corrected chi connectivity index (χ4v) is 4.32. The van der Waals surface area contributed by atoms with E-state index < -0.39 is 5.97 Å². The fourth-order valence-electron chi connectivity index (χ4n) is 1.85. The highest BCUT2D eigenvalue weighted by molar-refractivity contribution is 7.99. The van der Waals surface area contributed by atoms with Crippen LogP contribution in [0.4, 0.5) is 0 Å². The lowest BCUT2D eigenvalue weighted by Crippen LogP contribution is -1.98. The molecular weight excluding hydrogens is 242 g/mol. The second-order valence-electron chi connectivity index (χ2n) is 3.88. The van der Waals surface area contributed by atoms with Gasteiger partial charge in [-0.3, -0.25) is 0 Å². The van der Waals surface area contributed by atoms with Gasteiger partial charge in [0.2, 0.25) is 0 Å². The Morgan fingerprint density at radius 1 is 1.62 bits per heavy atom. The molecule has 2 rings (SSSR count). The predicted molar refractivity (Wildman–Crippen MR) is 67.5 cm³/mol. The first-order chi connectivity index (χ1) is 7.72. The minimum absolute atomic E-state index is 0.439. The van der Waals surface area contributed by atoms with E-state index >= 15 is 0 Å². The summed E-state index contributed by atoms with van der Waals surface area (Å²) in [6.07, 6.45) is 4.08. The van der Waals surface area contributed by atoms with Gasteiger partial charge in [-0.1, -0.05) is 13.3 Å². The van der Waals surface area contributed by atoms with Crippen LogP contribution >= 0.6 is 23.1 Å². The third kappa shape index (κ3) is 2.40. The monoisotopic (exact) mass is 257 g/mol. The molecule has 0 spiro atoms. The van der Waals surface area contributed by atoms with Crippen molar-refractivity contribution in [2.24, 2.45) is 0 Å². The van der Waals surface area contributed by atoms with E-state index in [-0.39, 0.29) is 0 Å². The molecule has 1 atom stereocenters. The van der Waals surface area contributed by atoms with E-state index in [0.717, 1.165) is 30.0 Å². The molecule has 1 fully saturated rings. The van der Waals surface area contributed by atoms with Gasteiger partial charge in [0.05, 0.1) is 10.9 Å². The molecule has 0 aromatic carbocycles. The van der Waals surface area contributed by atoms with Crippen LogP contribution < -0.4 is 0 Å². The van der Waals surface area contributed by atoms with Crippen LogP contribution in [0.5, 0.6) is 0 Å². The molecule has 16 heavy (non-hydrogen) atoms. The molecule has 1 aromatic heterocycles. The second-order valence-corrected chi connectivity index (χ2v) is 6.23. The van der Waals surface area contributed by atoms with Crippen molar-refractivity contribution in [3.8, 4) is 0 Å². The molecule has 1 saturated heterocycles. The van der Waals surface area contributed by atoms with Crippen LogP contribution in [0.25, 0.3) is 0 Å². The number of carboxylic acid groups (broad SMARTS) is 1. The molecule has 0 bridgehead atoms. The lowest BCUT2D eigenvalue weighted by atomic mass is 10.2. The molecule has 0 radical (unpaired) electrons. The van der Waals surface area contributed by atoms with Gasteiger partial charge in [0.15, 0.2) is 0 Å². The zero-order valence-electron chi connectivity index (χ0n) is 9.23. The SMILES string of the molecule is CCCc1nc(C2CCCS2)sc1C(=O)O. The van der Waals surface area contributed by atoms with E-state index in [2.05, 4.69) is 11.9 Å². The number of aryl methyl sites for hydroxylation is 1. The van der Waals surface area contributed by atoms with Crippen molar-refractivity contribution in [3.63, 3.8) is 0 Å². The van der Waals surface area contributed by atoms with E-state index in [0.29, 0.717) is 10.1 Å². The topological polar surface area (TPSA) is 50.2 Å². The van der Waals surface area contributed by atoms with Crippen LogP contribution in [0.3, 0.4) is 0 Å². The molecule has 0 aliphatic carbocycles. The Balaban J connectivity index is 2.26. The smallest absolute Gasteiger partial charge is 0.347 e. The normalized spacial score (nSPS) is 20.2. The summed E-state index contributed by atoms with van der Waals surface area (Å²) in [7, 11) is 0. The third-order valence-electron chi connectivity index (χ3n) is 2.60. The molecule has 1 aliphatic rings. The minimum atomic E-state index is -0.824. The number of aromatic carboxylic acids is 1. The largest absolute Gasteiger partial charge is 0.477 e. The standard InChI is InChI=1S/C11H15NO2S2/c1-2-4-7-9(11(13)14)16-10(12-7)8-5-3-6-15-8/h8H,2-6H2,1H3,(H,13,14). The van der Waals surface area contributed by atoms with Crippen molar-refractivity contribution in [2.45, 2.75) is 37.9 Å². The fraction of sp³-hybridized carbons (Fsp3) is 0.636. The van der Waals surface area contributed by atoms with Crippen LogP contribution in [0.2, 0.25) is 0 Å². The molecule has 1 aromatic rings. The maximum atomic E-state index is 11.1. The Morgan fingerprint density at radius 3 is 3.00 bits per heavy atom. The molecule has 0 saturated carbocycles. The Hall–Kier alpha value is -0.550. The quantitative estimate of drug-likeness (QED) is 0.898. The molecule has 1 N–H and O–H groups in total. The van der Waals surface area contributed by atoms with Crippen LogP contribution in [0.15, 0.2) is 0 Å². The number of nitrogens with zero attached hydrogens (tertiary/aromatic N) is 1. The average Bonchev–Trinajstić information content (AvgIpc) is 2.83. The number of thiazole rings is 1.